The summed E-state index contributed by atoms with van der Waals surface area (Å²) in [6.45, 7) is 2.27. The van der Waals surface area contributed by atoms with Gasteiger partial charge in [0, 0.05) is 12.1 Å². The number of rotatable bonds is 5. The molecule has 0 aliphatic carbocycles. The summed E-state index contributed by atoms with van der Waals surface area (Å²) in [5, 5.41) is 4.09. The van der Waals surface area contributed by atoms with E-state index in [9.17, 15) is 30.0 Å². The van der Waals surface area contributed by atoms with Crippen molar-refractivity contribution in [1.29, 1.82) is 0 Å². The van der Waals surface area contributed by atoms with Gasteiger partial charge in [0.05, 0.1) is 18.5 Å². The second-order valence-electron chi connectivity index (χ2n) is 6.72. The fourth-order valence-corrected chi connectivity index (χ4v) is 2.79. The first-order valence-corrected chi connectivity index (χ1v) is 11.0. The van der Waals surface area contributed by atoms with Crippen LogP contribution < -0.4 is 14.6 Å². The third-order valence-corrected chi connectivity index (χ3v) is 4.08. The minimum atomic E-state index is -10.7. The molecule has 0 spiro atoms. The topological polar surface area (TPSA) is 42.2 Å². The summed E-state index contributed by atoms with van der Waals surface area (Å²) in [7, 11) is -9.01. The van der Waals surface area contributed by atoms with Gasteiger partial charge in [-0.15, -0.1) is 0 Å². The maximum atomic E-state index is 12.4. The van der Waals surface area contributed by atoms with Crippen molar-refractivity contribution in [2.45, 2.75) is 19.5 Å². The molecular weight excluding hydrogens is 445 g/mol. The molecule has 1 atom stereocenters. The molecule has 0 saturated heterocycles. The zero-order valence-corrected chi connectivity index (χ0v) is 17.5. The van der Waals surface area contributed by atoms with Gasteiger partial charge in [0.2, 0.25) is 12.1 Å². The number of aromatic nitrogens is 1. The molecule has 0 fully saturated rings. The van der Waals surface area contributed by atoms with Crippen molar-refractivity contribution in [1.82, 2.24) is 5.32 Å². The number of benzene rings is 2. The van der Waals surface area contributed by atoms with Gasteiger partial charge >= 0.3 is 33.0 Å². The quantitative estimate of drug-likeness (QED) is 0.269. The second kappa shape index (κ2) is 8.34. The summed E-state index contributed by atoms with van der Waals surface area (Å²) in [6, 6.07) is 19.7. The molecule has 3 aromatic rings. The standard InChI is InChI=1S/C20H20N2O2.F6P/c1-15(16-7-4-3-5-8-16)21-20(23)14-22-12-6-9-17-13-18(24-2)10-11-19(17)22;1-7(2,3,4,5)6/h3-13,15H,14H2,1-2H3;/q;-1/p+1/t15-;/m1./s1. The van der Waals surface area contributed by atoms with E-state index in [2.05, 4.69) is 5.32 Å². The van der Waals surface area contributed by atoms with E-state index >= 15 is 0 Å². The maximum absolute atomic E-state index is 12.4. The summed E-state index contributed by atoms with van der Waals surface area (Å²) in [5.74, 6) is 0.794. The molecule has 0 unspecified atom stereocenters. The van der Waals surface area contributed by atoms with Crippen molar-refractivity contribution in [2.24, 2.45) is 0 Å². The molecular formula is C20H21F6N2O2P. The number of hydrogen-bond acceptors (Lipinski definition) is 2. The van der Waals surface area contributed by atoms with Crippen molar-refractivity contribution < 1.29 is 39.3 Å². The van der Waals surface area contributed by atoms with Crippen LogP contribution in [0.25, 0.3) is 10.9 Å². The van der Waals surface area contributed by atoms with Gasteiger partial charge < -0.3 is 10.1 Å². The van der Waals surface area contributed by atoms with Gasteiger partial charge in [0.1, 0.15) is 5.75 Å². The Morgan fingerprint density at radius 3 is 2.19 bits per heavy atom. The van der Waals surface area contributed by atoms with Crippen LogP contribution in [0, 0.1) is 0 Å². The Bertz CT molecular complexity index is 1050. The molecule has 1 heterocycles. The van der Waals surface area contributed by atoms with Crippen LogP contribution in [0.4, 0.5) is 25.2 Å². The van der Waals surface area contributed by atoms with Crippen molar-refractivity contribution in [3.8, 4) is 5.75 Å². The second-order valence-corrected chi connectivity index (χ2v) is 8.64. The van der Waals surface area contributed by atoms with Crippen LogP contribution in [0.5, 0.6) is 5.75 Å². The first-order valence-electron chi connectivity index (χ1n) is 8.99. The van der Waals surface area contributed by atoms with Crippen molar-refractivity contribution in [2.75, 3.05) is 7.11 Å². The number of hydrogen-bond donors (Lipinski definition) is 1. The molecule has 1 amide bonds. The summed E-state index contributed by atoms with van der Waals surface area (Å²) >= 11 is 0. The van der Waals surface area contributed by atoms with E-state index in [0.717, 1.165) is 22.2 Å². The van der Waals surface area contributed by atoms with Gasteiger partial charge in [-0.3, -0.25) is 4.79 Å². The van der Waals surface area contributed by atoms with Crippen LogP contribution >= 0.6 is 7.81 Å². The predicted molar refractivity (Wildman–Crippen MR) is 107 cm³/mol. The van der Waals surface area contributed by atoms with Gasteiger partial charge in [-0.2, -0.15) is 4.57 Å². The molecule has 0 aliphatic rings. The third-order valence-electron chi connectivity index (χ3n) is 4.08. The molecule has 0 bridgehead atoms. The first-order chi connectivity index (χ1) is 14.1. The van der Waals surface area contributed by atoms with Crippen LogP contribution in [-0.2, 0) is 11.3 Å². The number of carbonyl (C=O) groups excluding carboxylic acids is 1. The van der Waals surface area contributed by atoms with Crippen LogP contribution in [0.3, 0.4) is 0 Å². The number of ether oxygens (including phenoxy) is 1. The molecule has 0 radical (unpaired) electrons. The van der Waals surface area contributed by atoms with Crippen LogP contribution in [0.2, 0.25) is 0 Å². The number of fused-ring (bicyclic) bond motifs is 1. The minimum absolute atomic E-state index is 0.0142. The third kappa shape index (κ3) is 9.65. The number of halogens is 6. The van der Waals surface area contributed by atoms with Crippen LogP contribution in [0.15, 0.2) is 66.9 Å². The predicted octanol–water partition coefficient (Wildman–Crippen LogP) is 6.40. The normalized spacial score (nSPS) is 14.5. The van der Waals surface area contributed by atoms with Gasteiger partial charge in [0.15, 0.2) is 6.20 Å². The van der Waals surface area contributed by atoms with Crippen molar-refractivity contribution >= 4 is 24.6 Å². The number of carbonyl (C=O) groups is 1. The van der Waals surface area contributed by atoms with Gasteiger partial charge in [0.25, 0.3) is 5.91 Å². The Labute approximate surface area is 174 Å². The van der Waals surface area contributed by atoms with Crippen LogP contribution in [-0.4, -0.2) is 13.0 Å². The van der Waals surface area contributed by atoms with E-state index < -0.39 is 7.81 Å². The van der Waals surface area contributed by atoms with Gasteiger partial charge in [-0.25, -0.2) is 0 Å². The summed E-state index contributed by atoms with van der Waals surface area (Å²) in [5.41, 5.74) is 2.10. The molecule has 0 saturated carbocycles. The van der Waals surface area contributed by atoms with E-state index in [4.69, 9.17) is 4.74 Å². The number of nitrogens with one attached hydrogen (secondary N) is 1. The first kappa shape index (κ1) is 24.4. The molecule has 3 rings (SSSR count). The number of amides is 1. The van der Waals surface area contributed by atoms with Gasteiger partial charge in [-0.05, 0) is 30.7 Å². The molecule has 11 heteroatoms. The zero-order valence-electron chi connectivity index (χ0n) is 16.6. The number of pyridine rings is 1. The van der Waals surface area contributed by atoms with E-state index in [-0.39, 0.29) is 18.5 Å². The molecule has 31 heavy (non-hydrogen) atoms. The Balaban J connectivity index is 0.000000423. The Kier molecular flexibility index (Phi) is 6.56. The fraction of sp³-hybridized carbons (Fsp3) is 0.200. The van der Waals surface area contributed by atoms with Crippen molar-refractivity contribution in [3.05, 3.63) is 72.4 Å². The van der Waals surface area contributed by atoms with E-state index in [1.807, 2.05) is 78.4 Å². The number of nitrogens with zero attached hydrogens (tertiary/aromatic N) is 1. The van der Waals surface area contributed by atoms with E-state index in [1.165, 1.54) is 0 Å². The average molecular weight is 466 g/mol. The van der Waals surface area contributed by atoms with Crippen molar-refractivity contribution in [3.63, 3.8) is 0 Å². The fourth-order valence-electron chi connectivity index (χ4n) is 2.79. The Hall–Kier alpha value is -2.87. The molecule has 4 nitrogen and oxygen atoms in total. The summed E-state index contributed by atoms with van der Waals surface area (Å²) in [4.78, 5) is 12.4. The van der Waals surface area contributed by atoms with E-state index in [0.29, 0.717) is 0 Å². The molecule has 1 N–H and O–H groups in total. The Morgan fingerprint density at radius 2 is 1.61 bits per heavy atom. The average Bonchev–Trinajstić information content (AvgIpc) is 2.66. The SMILES string of the molecule is COc1ccc2c(ccc[n+]2CC(=O)N[C@H](C)c2ccccc2)c1.F[P-](F)(F)(F)(F)F. The Morgan fingerprint density at radius 1 is 1.00 bits per heavy atom. The van der Waals surface area contributed by atoms with Crippen LogP contribution in [0.1, 0.15) is 18.5 Å². The molecule has 1 aromatic heterocycles. The van der Waals surface area contributed by atoms with Gasteiger partial charge in [-0.1, -0.05) is 30.3 Å². The molecule has 2 aromatic carbocycles. The molecule has 170 valence electrons. The monoisotopic (exact) mass is 466 g/mol. The molecule has 0 aliphatic heterocycles. The zero-order chi connectivity index (χ0) is 23.3. The summed E-state index contributed by atoms with van der Waals surface area (Å²) in [6.07, 6.45) is 1.92. The number of methoxy groups -OCH3 is 1. The summed E-state index contributed by atoms with van der Waals surface area (Å²) < 4.78 is 66.4. The van der Waals surface area contributed by atoms with E-state index in [1.54, 1.807) is 7.11 Å².